The Morgan fingerprint density at radius 1 is 1.22 bits per heavy atom. The Hall–Kier alpha value is -1.12. The van der Waals surface area contributed by atoms with Crippen molar-refractivity contribution < 1.29 is 0 Å². The molecule has 18 heavy (non-hydrogen) atoms. The molecule has 0 aliphatic carbocycles. The van der Waals surface area contributed by atoms with Gasteiger partial charge in [-0.25, -0.2) is 0 Å². The smallest absolute Gasteiger partial charge is 0.0331 e. The lowest BCUT2D eigenvalue weighted by Gasteiger charge is -2.17. The van der Waals surface area contributed by atoms with E-state index < -0.39 is 0 Å². The Kier molecular flexibility index (Phi) is 4.97. The fraction of sp³-hybridized carbons (Fsp3) is 0.375. The van der Waals surface area contributed by atoms with Gasteiger partial charge in [-0.1, -0.05) is 31.2 Å². The van der Waals surface area contributed by atoms with Crippen molar-refractivity contribution in [1.82, 2.24) is 5.32 Å². The lowest BCUT2D eigenvalue weighted by atomic mass is 9.98. The molecule has 1 atom stereocenters. The van der Waals surface area contributed by atoms with Crippen molar-refractivity contribution in [3.8, 4) is 0 Å². The van der Waals surface area contributed by atoms with Crippen LogP contribution in [0.5, 0.6) is 0 Å². The minimum atomic E-state index is 0.487. The normalized spacial score (nSPS) is 12.6. The van der Waals surface area contributed by atoms with E-state index in [1.807, 2.05) is 0 Å². The second-order valence-corrected chi connectivity index (χ2v) is 5.41. The van der Waals surface area contributed by atoms with E-state index in [9.17, 15) is 0 Å². The van der Waals surface area contributed by atoms with Gasteiger partial charge in [0.2, 0.25) is 0 Å². The Bertz CT molecular complexity index is 462. The Balaban J connectivity index is 2.00. The summed E-state index contributed by atoms with van der Waals surface area (Å²) in [6, 6.07) is 11.4. The number of hydrogen-bond acceptors (Lipinski definition) is 2. The van der Waals surface area contributed by atoms with E-state index in [1.54, 1.807) is 11.3 Å². The van der Waals surface area contributed by atoms with Gasteiger partial charge >= 0.3 is 0 Å². The van der Waals surface area contributed by atoms with Gasteiger partial charge in [0.15, 0.2) is 0 Å². The zero-order chi connectivity index (χ0) is 12.8. The second kappa shape index (κ2) is 6.72. The first-order valence-corrected chi connectivity index (χ1v) is 7.55. The van der Waals surface area contributed by atoms with Gasteiger partial charge in [-0.2, -0.15) is 11.3 Å². The Morgan fingerprint density at radius 2 is 2.06 bits per heavy atom. The molecule has 1 N–H and O–H groups in total. The molecule has 2 heteroatoms. The van der Waals surface area contributed by atoms with Crippen molar-refractivity contribution in [1.29, 1.82) is 0 Å². The van der Waals surface area contributed by atoms with Gasteiger partial charge in [0.25, 0.3) is 0 Å². The van der Waals surface area contributed by atoms with Crippen LogP contribution in [0.4, 0.5) is 0 Å². The van der Waals surface area contributed by atoms with Crippen LogP contribution in [0, 0.1) is 6.92 Å². The molecular formula is C16H21NS. The van der Waals surface area contributed by atoms with Crippen LogP contribution in [0.2, 0.25) is 0 Å². The molecule has 1 heterocycles. The van der Waals surface area contributed by atoms with Crippen LogP contribution in [-0.2, 0) is 6.42 Å². The fourth-order valence-electron chi connectivity index (χ4n) is 2.30. The number of rotatable bonds is 6. The summed E-state index contributed by atoms with van der Waals surface area (Å²) in [5, 5.41) is 8.00. The van der Waals surface area contributed by atoms with Gasteiger partial charge in [0.05, 0.1) is 0 Å². The zero-order valence-electron chi connectivity index (χ0n) is 11.1. The molecule has 1 aromatic carbocycles. The summed E-state index contributed by atoms with van der Waals surface area (Å²) in [5.41, 5.74) is 4.30. The predicted octanol–water partition coefficient (Wildman–Crippen LogP) is 4.34. The molecule has 1 aromatic heterocycles. The molecule has 0 bridgehead atoms. The highest BCUT2D eigenvalue weighted by molar-refractivity contribution is 7.07. The molecule has 0 saturated carbocycles. The minimum absolute atomic E-state index is 0.487. The van der Waals surface area contributed by atoms with Crippen molar-refractivity contribution >= 4 is 11.3 Å². The molecule has 96 valence electrons. The van der Waals surface area contributed by atoms with Gasteiger partial charge in [0, 0.05) is 6.04 Å². The molecule has 0 spiro atoms. The highest BCUT2D eigenvalue weighted by atomic mass is 32.1. The average molecular weight is 259 g/mol. The predicted molar refractivity (Wildman–Crippen MR) is 80.2 cm³/mol. The summed E-state index contributed by atoms with van der Waals surface area (Å²) >= 11 is 1.78. The Labute approximate surface area is 114 Å². The van der Waals surface area contributed by atoms with Crippen molar-refractivity contribution in [3.63, 3.8) is 0 Å². The van der Waals surface area contributed by atoms with E-state index in [-0.39, 0.29) is 0 Å². The minimum Gasteiger partial charge on any atom is -0.310 e. The summed E-state index contributed by atoms with van der Waals surface area (Å²) in [4.78, 5) is 0. The molecule has 0 radical (unpaired) electrons. The molecule has 0 aliphatic rings. The van der Waals surface area contributed by atoms with Gasteiger partial charge in [-0.05, 0) is 59.8 Å². The lowest BCUT2D eigenvalue weighted by Crippen LogP contribution is -2.21. The van der Waals surface area contributed by atoms with Gasteiger partial charge in [-0.15, -0.1) is 0 Å². The van der Waals surface area contributed by atoms with E-state index in [4.69, 9.17) is 0 Å². The molecule has 2 rings (SSSR count). The summed E-state index contributed by atoms with van der Waals surface area (Å²) in [7, 11) is 0. The average Bonchev–Trinajstić information content (AvgIpc) is 2.90. The third-order valence-electron chi connectivity index (χ3n) is 3.36. The van der Waals surface area contributed by atoms with Crippen molar-refractivity contribution in [3.05, 3.63) is 57.8 Å². The number of benzene rings is 1. The standard InChI is InChI=1S/C16H21NS/c1-3-17-16(15-10-11-18-12-15)9-8-14-7-5-4-6-13(14)2/h4-7,10-12,16-17H,3,8-9H2,1-2H3. The van der Waals surface area contributed by atoms with Crippen LogP contribution in [0.15, 0.2) is 41.1 Å². The third-order valence-corrected chi connectivity index (χ3v) is 4.06. The van der Waals surface area contributed by atoms with Crippen LogP contribution >= 0.6 is 11.3 Å². The van der Waals surface area contributed by atoms with Gasteiger partial charge in [0.1, 0.15) is 0 Å². The molecule has 0 saturated heterocycles. The van der Waals surface area contributed by atoms with Crippen LogP contribution in [0.3, 0.4) is 0 Å². The topological polar surface area (TPSA) is 12.0 Å². The van der Waals surface area contributed by atoms with E-state index in [0.29, 0.717) is 6.04 Å². The van der Waals surface area contributed by atoms with Crippen molar-refractivity contribution in [2.75, 3.05) is 6.54 Å². The van der Waals surface area contributed by atoms with Crippen molar-refractivity contribution in [2.24, 2.45) is 0 Å². The number of aryl methyl sites for hydroxylation is 2. The van der Waals surface area contributed by atoms with Crippen LogP contribution in [-0.4, -0.2) is 6.54 Å². The summed E-state index contributed by atoms with van der Waals surface area (Å²) in [6.07, 6.45) is 2.30. The quantitative estimate of drug-likeness (QED) is 0.813. The third kappa shape index (κ3) is 3.44. The Morgan fingerprint density at radius 3 is 2.72 bits per heavy atom. The van der Waals surface area contributed by atoms with E-state index >= 15 is 0 Å². The maximum atomic E-state index is 3.58. The van der Waals surface area contributed by atoms with Crippen LogP contribution in [0.1, 0.15) is 36.1 Å². The molecule has 1 nitrogen and oxygen atoms in total. The largest absolute Gasteiger partial charge is 0.310 e. The van der Waals surface area contributed by atoms with Crippen LogP contribution in [0.25, 0.3) is 0 Å². The van der Waals surface area contributed by atoms with Gasteiger partial charge in [-0.3, -0.25) is 0 Å². The first-order valence-electron chi connectivity index (χ1n) is 6.61. The monoisotopic (exact) mass is 259 g/mol. The first kappa shape index (κ1) is 13.3. The number of nitrogens with one attached hydrogen (secondary N) is 1. The van der Waals surface area contributed by atoms with E-state index in [2.05, 4.69) is 60.3 Å². The highest BCUT2D eigenvalue weighted by Gasteiger charge is 2.11. The summed E-state index contributed by atoms with van der Waals surface area (Å²) in [6.45, 7) is 5.39. The molecular weight excluding hydrogens is 238 g/mol. The SMILES string of the molecule is CCNC(CCc1ccccc1C)c1ccsc1. The molecule has 0 amide bonds. The van der Waals surface area contributed by atoms with Crippen LogP contribution < -0.4 is 5.32 Å². The van der Waals surface area contributed by atoms with Gasteiger partial charge < -0.3 is 5.32 Å². The molecule has 1 unspecified atom stereocenters. The number of hydrogen-bond donors (Lipinski definition) is 1. The molecule has 2 aromatic rings. The first-order chi connectivity index (χ1) is 8.81. The number of thiophene rings is 1. The molecule has 0 fully saturated rings. The lowest BCUT2D eigenvalue weighted by molar-refractivity contribution is 0.516. The summed E-state index contributed by atoms with van der Waals surface area (Å²) in [5.74, 6) is 0. The highest BCUT2D eigenvalue weighted by Crippen LogP contribution is 2.22. The fourth-order valence-corrected chi connectivity index (χ4v) is 3.01. The van der Waals surface area contributed by atoms with E-state index in [1.165, 1.54) is 16.7 Å². The zero-order valence-corrected chi connectivity index (χ0v) is 12.0. The molecule has 0 aliphatic heterocycles. The maximum Gasteiger partial charge on any atom is 0.0331 e. The summed E-state index contributed by atoms with van der Waals surface area (Å²) < 4.78 is 0. The maximum absolute atomic E-state index is 3.58. The second-order valence-electron chi connectivity index (χ2n) is 4.63. The van der Waals surface area contributed by atoms with E-state index in [0.717, 1.165) is 19.4 Å². The van der Waals surface area contributed by atoms with Crippen molar-refractivity contribution in [2.45, 2.75) is 32.7 Å².